The molecule has 1 aromatic carbocycles. The van der Waals surface area contributed by atoms with Gasteiger partial charge in [0.15, 0.2) is 0 Å². The van der Waals surface area contributed by atoms with Crippen molar-refractivity contribution in [2.75, 3.05) is 18.0 Å². The highest BCUT2D eigenvalue weighted by Crippen LogP contribution is 2.21. The summed E-state index contributed by atoms with van der Waals surface area (Å²) in [5, 5.41) is 0. The van der Waals surface area contributed by atoms with Gasteiger partial charge >= 0.3 is 6.03 Å². The maximum Gasteiger partial charge on any atom is 0.331 e. The molecule has 4 heteroatoms. The Labute approximate surface area is 101 Å². The number of hydrogen-bond donors (Lipinski definition) is 0. The monoisotopic (exact) mass is 232 g/mol. The first-order chi connectivity index (χ1) is 8.09. The fourth-order valence-corrected chi connectivity index (χ4v) is 1.96. The number of carbonyl (C=O) groups is 2. The van der Waals surface area contributed by atoms with Crippen molar-refractivity contribution < 1.29 is 9.59 Å². The average molecular weight is 232 g/mol. The number of amides is 3. The van der Waals surface area contributed by atoms with E-state index >= 15 is 0 Å². The second-order valence-corrected chi connectivity index (χ2v) is 4.62. The SMILES string of the molecule is CC(C)CN1CC(=O)N(c2ccccc2)C1=O. The predicted molar refractivity (Wildman–Crippen MR) is 65.7 cm³/mol. The van der Waals surface area contributed by atoms with Gasteiger partial charge in [-0.15, -0.1) is 0 Å². The Balaban J connectivity index is 2.20. The number of rotatable bonds is 3. The Bertz CT molecular complexity index is 428. The van der Waals surface area contributed by atoms with Gasteiger partial charge in [0.05, 0.1) is 5.69 Å². The van der Waals surface area contributed by atoms with Gasteiger partial charge in [-0.25, -0.2) is 9.69 Å². The highest BCUT2D eigenvalue weighted by atomic mass is 16.2. The number of hydrogen-bond acceptors (Lipinski definition) is 2. The van der Waals surface area contributed by atoms with Crippen LogP contribution < -0.4 is 4.90 Å². The van der Waals surface area contributed by atoms with E-state index in [2.05, 4.69) is 0 Å². The van der Waals surface area contributed by atoms with Crippen LogP contribution in [0.1, 0.15) is 13.8 Å². The number of carbonyl (C=O) groups excluding carboxylic acids is 2. The van der Waals surface area contributed by atoms with E-state index in [1.165, 1.54) is 4.90 Å². The molecule has 0 saturated carbocycles. The third-order valence-corrected chi connectivity index (χ3v) is 2.64. The van der Waals surface area contributed by atoms with Crippen LogP contribution in [0, 0.1) is 5.92 Å². The molecule has 17 heavy (non-hydrogen) atoms. The van der Waals surface area contributed by atoms with Gasteiger partial charge in [-0.2, -0.15) is 0 Å². The van der Waals surface area contributed by atoms with E-state index in [-0.39, 0.29) is 18.5 Å². The molecule has 1 aliphatic rings. The lowest BCUT2D eigenvalue weighted by molar-refractivity contribution is -0.116. The highest BCUT2D eigenvalue weighted by Gasteiger charge is 2.36. The molecule has 0 aliphatic carbocycles. The molecule has 0 N–H and O–H groups in total. The molecule has 1 aromatic rings. The molecule has 0 bridgehead atoms. The number of anilines is 1. The van der Waals surface area contributed by atoms with Crippen molar-refractivity contribution in [2.45, 2.75) is 13.8 Å². The molecule has 0 spiro atoms. The van der Waals surface area contributed by atoms with Crippen molar-refractivity contribution in [1.29, 1.82) is 0 Å². The van der Waals surface area contributed by atoms with E-state index < -0.39 is 0 Å². The van der Waals surface area contributed by atoms with Gasteiger partial charge in [-0.3, -0.25) is 4.79 Å². The van der Waals surface area contributed by atoms with E-state index in [9.17, 15) is 9.59 Å². The Hall–Kier alpha value is -1.84. The molecule has 3 amide bonds. The minimum Gasteiger partial charge on any atom is -0.314 e. The normalized spacial score (nSPS) is 16.2. The lowest BCUT2D eigenvalue weighted by atomic mass is 10.2. The van der Waals surface area contributed by atoms with E-state index in [1.54, 1.807) is 17.0 Å². The van der Waals surface area contributed by atoms with Gasteiger partial charge in [0, 0.05) is 6.54 Å². The molecule has 1 saturated heterocycles. The predicted octanol–water partition coefficient (Wildman–Crippen LogP) is 2.11. The Morgan fingerprint density at radius 2 is 1.82 bits per heavy atom. The highest BCUT2D eigenvalue weighted by molar-refractivity contribution is 6.19. The third-order valence-electron chi connectivity index (χ3n) is 2.64. The van der Waals surface area contributed by atoms with Gasteiger partial charge < -0.3 is 4.90 Å². The summed E-state index contributed by atoms with van der Waals surface area (Å²) < 4.78 is 0. The Morgan fingerprint density at radius 1 is 1.18 bits per heavy atom. The van der Waals surface area contributed by atoms with Gasteiger partial charge in [-0.05, 0) is 18.1 Å². The molecule has 90 valence electrons. The Morgan fingerprint density at radius 3 is 2.41 bits per heavy atom. The zero-order valence-corrected chi connectivity index (χ0v) is 10.1. The first kappa shape index (κ1) is 11.6. The summed E-state index contributed by atoms with van der Waals surface area (Å²) in [6, 6.07) is 8.83. The minimum atomic E-state index is -0.213. The number of benzene rings is 1. The van der Waals surface area contributed by atoms with Crippen molar-refractivity contribution in [3.63, 3.8) is 0 Å². The second kappa shape index (κ2) is 4.57. The Kier molecular flexibility index (Phi) is 3.13. The van der Waals surface area contributed by atoms with Crippen molar-refractivity contribution in [1.82, 2.24) is 4.90 Å². The maximum absolute atomic E-state index is 12.1. The van der Waals surface area contributed by atoms with Crippen LogP contribution in [0.2, 0.25) is 0 Å². The average Bonchev–Trinajstić information content (AvgIpc) is 2.54. The quantitative estimate of drug-likeness (QED) is 0.749. The molecule has 1 aliphatic heterocycles. The molecule has 0 atom stereocenters. The fraction of sp³-hybridized carbons (Fsp3) is 0.385. The molecule has 4 nitrogen and oxygen atoms in total. The minimum absolute atomic E-state index is 0.151. The van der Waals surface area contributed by atoms with E-state index in [1.807, 2.05) is 32.0 Å². The van der Waals surface area contributed by atoms with E-state index in [4.69, 9.17) is 0 Å². The summed E-state index contributed by atoms with van der Waals surface area (Å²) in [7, 11) is 0. The second-order valence-electron chi connectivity index (χ2n) is 4.62. The summed E-state index contributed by atoms with van der Waals surface area (Å²) in [6.45, 7) is 4.87. The lowest BCUT2D eigenvalue weighted by Gasteiger charge is -2.18. The molecular weight excluding hydrogens is 216 g/mol. The maximum atomic E-state index is 12.1. The van der Waals surface area contributed by atoms with Gasteiger partial charge in [0.2, 0.25) is 0 Å². The number of imide groups is 1. The van der Waals surface area contributed by atoms with Crippen molar-refractivity contribution in [3.05, 3.63) is 30.3 Å². The van der Waals surface area contributed by atoms with Crippen LogP contribution in [-0.4, -0.2) is 29.9 Å². The zero-order valence-electron chi connectivity index (χ0n) is 10.1. The molecule has 0 unspecified atom stereocenters. The fourth-order valence-electron chi connectivity index (χ4n) is 1.96. The van der Waals surface area contributed by atoms with Crippen molar-refractivity contribution >= 4 is 17.6 Å². The zero-order chi connectivity index (χ0) is 12.4. The summed E-state index contributed by atoms with van der Waals surface area (Å²) in [5.74, 6) is 0.212. The van der Waals surface area contributed by atoms with E-state index in [0.717, 1.165) is 0 Å². The standard InChI is InChI=1S/C13H16N2O2/c1-10(2)8-14-9-12(16)15(13(14)17)11-6-4-3-5-7-11/h3-7,10H,8-9H2,1-2H3. The molecule has 1 fully saturated rings. The molecule has 1 heterocycles. The van der Waals surface area contributed by atoms with Gasteiger partial charge in [0.1, 0.15) is 6.54 Å². The van der Waals surface area contributed by atoms with Crippen molar-refractivity contribution in [2.24, 2.45) is 5.92 Å². The summed E-state index contributed by atoms with van der Waals surface area (Å²) in [5.41, 5.74) is 0.647. The number of nitrogens with zero attached hydrogens (tertiary/aromatic N) is 2. The molecule has 2 rings (SSSR count). The summed E-state index contributed by atoms with van der Waals surface area (Å²) >= 11 is 0. The van der Waals surface area contributed by atoms with Crippen LogP contribution >= 0.6 is 0 Å². The summed E-state index contributed by atoms with van der Waals surface area (Å²) in [4.78, 5) is 26.8. The molecular formula is C13H16N2O2. The summed E-state index contributed by atoms with van der Waals surface area (Å²) in [6.07, 6.45) is 0. The van der Waals surface area contributed by atoms with Crippen LogP contribution in [0.3, 0.4) is 0 Å². The first-order valence-electron chi connectivity index (χ1n) is 5.76. The van der Waals surface area contributed by atoms with Crippen LogP contribution in [-0.2, 0) is 4.79 Å². The number of para-hydroxylation sites is 1. The van der Waals surface area contributed by atoms with Crippen LogP contribution in [0.15, 0.2) is 30.3 Å². The van der Waals surface area contributed by atoms with Crippen LogP contribution in [0.25, 0.3) is 0 Å². The van der Waals surface area contributed by atoms with Crippen LogP contribution in [0.5, 0.6) is 0 Å². The third kappa shape index (κ3) is 2.30. The van der Waals surface area contributed by atoms with Crippen molar-refractivity contribution in [3.8, 4) is 0 Å². The molecule has 0 radical (unpaired) electrons. The van der Waals surface area contributed by atoms with Crippen LogP contribution in [0.4, 0.5) is 10.5 Å². The van der Waals surface area contributed by atoms with Gasteiger partial charge in [0.25, 0.3) is 5.91 Å². The smallest absolute Gasteiger partial charge is 0.314 e. The topological polar surface area (TPSA) is 40.6 Å². The number of urea groups is 1. The lowest BCUT2D eigenvalue weighted by Crippen LogP contribution is -2.34. The van der Waals surface area contributed by atoms with E-state index in [0.29, 0.717) is 18.2 Å². The first-order valence-corrected chi connectivity index (χ1v) is 5.76. The largest absolute Gasteiger partial charge is 0.331 e. The van der Waals surface area contributed by atoms with Gasteiger partial charge in [-0.1, -0.05) is 32.0 Å². The molecule has 0 aromatic heterocycles.